The van der Waals surface area contributed by atoms with E-state index in [0.29, 0.717) is 13.0 Å². The van der Waals surface area contributed by atoms with Gasteiger partial charge in [0.05, 0.1) is 17.1 Å². The zero-order valence-electron chi connectivity index (χ0n) is 10.2. The van der Waals surface area contributed by atoms with Gasteiger partial charge in [0.1, 0.15) is 0 Å². The summed E-state index contributed by atoms with van der Waals surface area (Å²) in [6.45, 7) is 3.62. The van der Waals surface area contributed by atoms with E-state index in [-0.39, 0.29) is 11.9 Å². The molecule has 2 N–H and O–H groups in total. The minimum Gasteiger partial charge on any atom is -0.341 e. The zero-order chi connectivity index (χ0) is 12.3. The number of hydrogen-bond donors (Lipinski definition) is 1. The molecule has 5 heteroatoms. The van der Waals surface area contributed by atoms with Crippen LogP contribution >= 0.6 is 11.3 Å². The van der Waals surface area contributed by atoms with Gasteiger partial charge < -0.3 is 10.6 Å². The topological polar surface area (TPSA) is 59.2 Å². The lowest BCUT2D eigenvalue weighted by Crippen LogP contribution is -2.46. The summed E-state index contributed by atoms with van der Waals surface area (Å²) < 4.78 is 0. The highest BCUT2D eigenvalue weighted by molar-refractivity contribution is 7.09. The average Bonchev–Trinajstić information content (AvgIpc) is 2.77. The lowest BCUT2D eigenvalue weighted by molar-refractivity contribution is -0.131. The highest BCUT2D eigenvalue weighted by atomic mass is 32.1. The summed E-state index contributed by atoms with van der Waals surface area (Å²) in [7, 11) is 0. The molecule has 1 aliphatic rings. The average molecular weight is 253 g/mol. The molecule has 94 valence electrons. The molecule has 1 unspecified atom stereocenters. The van der Waals surface area contributed by atoms with Crippen LogP contribution in [0.3, 0.4) is 0 Å². The minimum atomic E-state index is 0.148. The lowest BCUT2D eigenvalue weighted by atomic mass is 10.1. The summed E-state index contributed by atoms with van der Waals surface area (Å²) in [4.78, 5) is 18.3. The van der Waals surface area contributed by atoms with Gasteiger partial charge in [-0.05, 0) is 19.3 Å². The van der Waals surface area contributed by atoms with Crippen molar-refractivity contribution < 1.29 is 4.79 Å². The van der Waals surface area contributed by atoms with Crippen LogP contribution in [0.1, 0.15) is 30.5 Å². The van der Waals surface area contributed by atoms with Crippen LogP contribution in [0, 0.1) is 0 Å². The molecule has 2 heterocycles. The number of aryl methyl sites for hydroxylation is 1. The van der Waals surface area contributed by atoms with Crippen LogP contribution in [0.15, 0.2) is 5.38 Å². The summed E-state index contributed by atoms with van der Waals surface area (Å²) in [5, 5.41) is 3.09. The Labute approximate surface area is 106 Å². The van der Waals surface area contributed by atoms with Crippen molar-refractivity contribution >= 4 is 17.2 Å². The maximum atomic E-state index is 12.0. The largest absolute Gasteiger partial charge is 0.341 e. The van der Waals surface area contributed by atoms with E-state index in [9.17, 15) is 4.79 Å². The molecule has 4 nitrogen and oxygen atoms in total. The normalized spacial score (nSPS) is 20.6. The standard InChI is InChI=1S/C12H19N3OS/c1-2-11-14-10(8-17-11)6-12(16)15-5-3-4-9(13)7-15/h8-9H,2-7,13H2,1H3. The van der Waals surface area contributed by atoms with E-state index in [1.54, 1.807) is 11.3 Å². The Balaban J connectivity index is 1.91. The number of amides is 1. The Morgan fingerprint density at radius 2 is 2.53 bits per heavy atom. The maximum Gasteiger partial charge on any atom is 0.228 e. The number of nitrogens with zero attached hydrogens (tertiary/aromatic N) is 2. The number of likely N-dealkylation sites (tertiary alicyclic amines) is 1. The van der Waals surface area contributed by atoms with Gasteiger partial charge in [0.25, 0.3) is 0 Å². The number of hydrogen-bond acceptors (Lipinski definition) is 4. The molecule has 0 bridgehead atoms. The predicted octanol–water partition coefficient (Wildman–Crippen LogP) is 1.20. The van der Waals surface area contributed by atoms with E-state index >= 15 is 0 Å². The summed E-state index contributed by atoms with van der Waals surface area (Å²) in [6, 6.07) is 0.148. The van der Waals surface area contributed by atoms with Crippen LogP contribution in [0.2, 0.25) is 0 Å². The first kappa shape index (κ1) is 12.5. The van der Waals surface area contributed by atoms with Crippen molar-refractivity contribution in [3.8, 4) is 0 Å². The summed E-state index contributed by atoms with van der Waals surface area (Å²) in [5.41, 5.74) is 6.77. The van der Waals surface area contributed by atoms with Crippen LogP contribution in [0.25, 0.3) is 0 Å². The third kappa shape index (κ3) is 3.26. The first-order valence-electron chi connectivity index (χ1n) is 6.15. The van der Waals surface area contributed by atoms with Crippen molar-refractivity contribution in [1.82, 2.24) is 9.88 Å². The Bertz CT molecular complexity index is 391. The molecule has 1 atom stereocenters. The van der Waals surface area contributed by atoms with Crippen LogP contribution in [0.4, 0.5) is 0 Å². The maximum absolute atomic E-state index is 12.0. The highest BCUT2D eigenvalue weighted by Gasteiger charge is 2.21. The molecular formula is C12H19N3OS. The first-order valence-corrected chi connectivity index (χ1v) is 7.03. The van der Waals surface area contributed by atoms with Gasteiger partial charge in [-0.25, -0.2) is 4.98 Å². The Morgan fingerprint density at radius 1 is 1.71 bits per heavy atom. The summed E-state index contributed by atoms with van der Waals surface area (Å²) >= 11 is 1.63. The molecule has 1 amide bonds. The van der Waals surface area contributed by atoms with Crippen LogP contribution in [0.5, 0.6) is 0 Å². The van der Waals surface area contributed by atoms with Crippen molar-refractivity contribution in [2.45, 2.75) is 38.6 Å². The second-order valence-electron chi connectivity index (χ2n) is 4.50. The molecule has 0 radical (unpaired) electrons. The van der Waals surface area contributed by atoms with E-state index in [2.05, 4.69) is 11.9 Å². The lowest BCUT2D eigenvalue weighted by Gasteiger charge is -2.30. The predicted molar refractivity (Wildman–Crippen MR) is 69.0 cm³/mol. The molecule has 0 spiro atoms. The van der Waals surface area contributed by atoms with Crippen molar-refractivity contribution in [3.05, 3.63) is 16.1 Å². The minimum absolute atomic E-state index is 0.148. The fourth-order valence-electron chi connectivity index (χ4n) is 2.10. The van der Waals surface area contributed by atoms with Crippen LogP contribution in [-0.4, -0.2) is 34.9 Å². The third-order valence-corrected chi connectivity index (χ3v) is 4.09. The quantitative estimate of drug-likeness (QED) is 0.880. The number of thiazole rings is 1. The second-order valence-corrected chi connectivity index (χ2v) is 5.45. The fourth-order valence-corrected chi connectivity index (χ4v) is 2.84. The van der Waals surface area contributed by atoms with Crippen molar-refractivity contribution in [3.63, 3.8) is 0 Å². The van der Waals surface area contributed by atoms with E-state index < -0.39 is 0 Å². The highest BCUT2D eigenvalue weighted by Crippen LogP contribution is 2.14. The van der Waals surface area contributed by atoms with Crippen molar-refractivity contribution in [2.75, 3.05) is 13.1 Å². The van der Waals surface area contributed by atoms with E-state index in [1.807, 2.05) is 10.3 Å². The van der Waals surface area contributed by atoms with Gasteiger partial charge in [0.15, 0.2) is 0 Å². The van der Waals surface area contributed by atoms with Crippen LogP contribution in [-0.2, 0) is 17.6 Å². The fraction of sp³-hybridized carbons (Fsp3) is 0.667. The molecule has 17 heavy (non-hydrogen) atoms. The Hall–Kier alpha value is -0.940. The molecule has 0 aliphatic carbocycles. The third-order valence-electron chi connectivity index (χ3n) is 3.04. The molecule has 1 saturated heterocycles. The molecule has 0 aromatic carbocycles. The van der Waals surface area contributed by atoms with Crippen molar-refractivity contribution in [1.29, 1.82) is 0 Å². The van der Waals surface area contributed by atoms with E-state index in [4.69, 9.17) is 5.73 Å². The molecule has 2 rings (SSSR count). The molecule has 1 fully saturated rings. The van der Waals surface area contributed by atoms with Gasteiger partial charge in [0, 0.05) is 24.5 Å². The number of rotatable bonds is 3. The Kier molecular flexibility index (Phi) is 4.12. The number of aromatic nitrogens is 1. The van der Waals surface area contributed by atoms with Gasteiger partial charge in [-0.1, -0.05) is 6.92 Å². The van der Waals surface area contributed by atoms with Gasteiger partial charge in [-0.15, -0.1) is 11.3 Å². The monoisotopic (exact) mass is 253 g/mol. The first-order chi connectivity index (χ1) is 8.19. The molecule has 0 saturated carbocycles. The Morgan fingerprint density at radius 3 is 3.18 bits per heavy atom. The van der Waals surface area contributed by atoms with E-state index in [1.165, 1.54) is 0 Å². The molecule has 1 aromatic heterocycles. The molecular weight excluding hydrogens is 234 g/mol. The smallest absolute Gasteiger partial charge is 0.228 e. The number of nitrogens with two attached hydrogens (primary N) is 1. The zero-order valence-corrected chi connectivity index (χ0v) is 11.0. The number of carbonyl (C=O) groups is 1. The summed E-state index contributed by atoms with van der Waals surface area (Å²) in [6.07, 6.45) is 3.40. The molecule has 1 aromatic rings. The second kappa shape index (κ2) is 5.60. The van der Waals surface area contributed by atoms with Gasteiger partial charge in [0.2, 0.25) is 5.91 Å². The van der Waals surface area contributed by atoms with Gasteiger partial charge in [-0.2, -0.15) is 0 Å². The van der Waals surface area contributed by atoms with Crippen LogP contribution < -0.4 is 5.73 Å². The van der Waals surface area contributed by atoms with Gasteiger partial charge >= 0.3 is 0 Å². The summed E-state index contributed by atoms with van der Waals surface area (Å²) in [5.74, 6) is 0.160. The SMILES string of the molecule is CCc1nc(CC(=O)N2CCCC(N)C2)cs1. The molecule has 1 aliphatic heterocycles. The van der Waals surface area contributed by atoms with Gasteiger partial charge in [-0.3, -0.25) is 4.79 Å². The number of carbonyl (C=O) groups excluding carboxylic acids is 1. The van der Waals surface area contributed by atoms with E-state index in [0.717, 1.165) is 36.5 Å². The number of piperidine rings is 1. The van der Waals surface area contributed by atoms with Crippen molar-refractivity contribution in [2.24, 2.45) is 5.73 Å².